The van der Waals surface area contributed by atoms with Crippen molar-refractivity contribution in [2.45, 2.75) is 32.3 Å². The predicted octanol–water partition coefficient (Wildman–Crippen LogP) is 5.96. The van der Waals surface area contributed by atoms with Crippen molar-refractivity contribution in [1.29, 1.82) is 0 Å². The van der Waals surface area contributed by atoms with Gasteiger partial charge in [-0.3, -0.25) is 0 Å². The topological polar surface area (TPSA) is 47.9 Å². The number of hydrogen-bond acceptors (Lipinski definition) is 4. The first-order valence-electron chi connectivity index (χ1n) is 9.77. The number of aliphatic hydroxyl groups is 1. The van der Waals surface area contributed by atoms with Crippen LogP contribution in [0.3, 0.4) is 0 Å². The van der Waals surface area contributed by atoms with Gasteiger partial charge in [0.15, 0.2) is 5.75 Å². The van der Waals surface area contributed by atoms with E-state index in [0.29, 0.717) is 34.0 Å². The molecule has 4 nitrogen and oxygen atoms in total. The third-order valence-corrected chi connectivity index (χ3v) is 5.96. The van der Waals surface area contributed by atoms with Gasteiger partial charge in [-0.2, -0.15) is 0 Å². The Morgan fingerprint density at radius 2 is 1.53 bits per heavy atom. The van der Waals surface area contributed by atoms with E-state index in [-0.39, 0.29) is 24.5 Å². The van der Waals surface area contributed by atoms with Crippen molar-refractivity contribution in [3.63, 3.8) is 0 Å². The van der Waals surface area contributed by atoms with E-state index < -0.39 is 6.10 Å². The minimum Gasteiger partial charge on any atom is -0.491 e. The number of alkyl halides is 1. The Morgan fingerprint density at radius 3 is 2.07 bits per heavy atom. The Bertz CT molecular complexity index is 786. The molecule has 2 rings (SSSR count). The minimum absolute atomic E-state index is 0.172. The van der Waals surface area contributed by atoms with E-state index in [0.717, 1.165) is 11.1 Å². The molecule has 7 heteroatoms. The highest BCUT2D eigenvalue weighted by Crippen LogP contribution is 2.40. The van der Waals surface area contributed by atoms with Gasteiger partial charge >= 0.3 is 0 Å². The zero-order valence-electron chi connectivity index (χ0n) is 17.8. The lowest BCUT2D eigenvalue weighted by molar-refractivity contribution is 0.0325. The number of methoxy groups -OCH3 is 1. The summed E-state index contributed by atoms with van der Waals surface area (Å²) in [6, 6.07) is 11.5. The van der Waals surface area contributed by atoms with Gasteiger partial charge in [0.1, 0.15) is 18.5 Å². The van der Waals surface area contributed by atoms with Crippen LogP contribution < -0.4 is 9.47 Å². The maximum Gasteiger partial charge on any atom is 0.156 e. The van der Waals surface area contributed by atoms with E-state index in [4.69, 9.17) is 49.0 Å². The molecule has 0 fully saturated rings. The summed E-state index contributed by atoms with van der Waals surface area (Å²) >= 11 is 18.8. The smallest absolute Gasteiger partial charge is 0.156 e. The van der Waals surface area contributed by atoms with E-state index in [2.05, 4.69) is 13.8 Å². The van der Waals surface area contributed by atoms with E-state index in [9.17, 15) is 5.11 Å². The summed E-state index contributed by atoms with van der Waals surface area (Å²) in [5, 5.41) is 10.7. The molecule has 2 atom stereocenters. The van der Waals surface area contributed by atoms with Gasteiger partial charge < -0.3 is 19.3 Å². The molecular formula is C23H29Cl3O4. The molecule has 2 aromatic rings. The molecule has 0 aliphatic rings. The molecule has 30 heavy (non-hydrogen) atoms. The van der Waals surface area contributed by atoms with Gasteiger partial charge in [-0.15, -0.1) is 11.6 Å². The van der Waals surface area contributed by atoms with Crippen molar-refractivity contribution in [2.24, 2.45) is 5.92 Å². The number of rotatable bonds is 11. The fourth-order valence-corrected chi connectivity index (χ4v) is 3.58. The monoisotopic (exact) mass is 474 g/mol. The lowest BCUT2D eigenvalue weighted by Gasteiger charge is -2.27. The molecule has 0 saturated heterocycles. The fraction of sp³-hybridized carbons (Fsp3) is 0.478. The molecule has 1 N–H and O–H groups in total. The van der Waals surface area contributed by atoms with Gasteiger partial charge in [-0.05, 0) is 35.4 Å². The second-order valence-electron chi connectivity index (χ2n) is 7.91. The van der Waals surface area contributed by atoms with Crippen molar-refractivity contribution in [3.05, 3.63) is 57.6 Å². The second kappa shape index (κ2) is 11.4. The van der Waals surface area contributed by atoms with Crippen LogP contribution in [0.2, 0.25) is 10.0 Å². The van der Waals surface area contributed by atoms with Crippen LogP contribution in [-0.2, 0) is 10.2 Å². The Labute approximate surface area is 194 Å². The van der Waals surface area contributed by atoms with E-state index in [1.165, 1.54) is 7.11 Å². The van der Waals surface area contributed by atoms with Crippen molar-refractivity contribution >= 4 is 34.8 Å². The van der Waals surface area contributed by atoms with Gasteiger partial charge in [0.2, 0.25) is 0 Å². The maximum absolute atomic E-state index is 9.71. The SMILES string of the molecule is COC[C@@H](O)COc1ccc(C(C)(C)c2cc(Cl)c(OC[C@H](C)CCl)c(Cl)c2)cc1. The standard InChI is InChI=1S/C23H29Cl3O4/c1-15(11-24)12-30-22-20(25)9-17(10-21(22)26)23(2,3)16-5-7-19(8-6-16)29-14-18(27)13-28-4/h5-10,15,18,27H,11-14H2,1-4H3/t15-,18-/m1/s1. The maximum atomic E-state index is 9.71. The van der Waals surface area contributed by atoms with Crippen molar-refractivity contribution < 1.29 is 19.3 Å². The molecule has 0 aliphatic carbocycles. The first-order chi connectivity index (χ1) is 14.2. The summed E-state index contributed by atoms with van der Waals surface area (Å²) in [6.45, 7) is 7.06. The highest BCUT2D eigenvalue weighted by molar-refractivity contribution is 6.37. The quantitative estimate of drug-likeness (QED) is 0.407. The fourth-order valence-electron chi connectivity index (χ4n) is 2.90. The first kappa shape index (κ1) is 25.1. The largest absolute Gasteiger partial charge is 0.491 e. The van der Waals surface area contributed by atoms with Gasteiger partial charge in [0.05, 0.1) is 23.3 Å². The van der Waals surface area contributed by atoms with Gasteiger partial charge in [0.25, 0.3) is 0 Å². The molecule has 0 heterocycles. The minimum atomic E-state index is -0.663. The number of ether oxygens (including phenoxy) is 3. The highest BCUT2D eigenvalue weighted by Gasteiger charge is 2.26. The molecule has 0 aromatic heterocycles. The van der Waals surface area contributed by atoms with Crippen LogP contribution in [0.5, 0.6) is 11.5 Å². The van der Waals surface area contributed by atoms with Gasteiger partial charge in [0, 0.05) is 24.3 Å². The lowest BCUT2D eigenvalue weighted by atomic mass is 9.78. The Balaban J connectivity index is 2.16. The van der Waals surface area contributed by atoms with Crippen molar-refractivity contribution in [3.8, 4) is 11.5 Å². The molecule has 0 radical (unpaired) electrons. The molecular weight excluding hydrogens is 447 g/mol. The van der Waals surface area contributed by atoms with Crippen molar-refractivity contribution in [2.75, 3.05) is 32.8 Å². The zero-order valence-corrected chi connectivity index (χ0v) is 20.0. The Hall–Kier alpha value is -1.17. The van der Waals surface area contributed by atoms with Gasteiger partial charge in [-0.1, -0.05) is 56.1 Å². The number of halogens is 3. The van der Waals surface area contributed by atoms with Gasteiger partial charge in [-0.25, -0.2) is 0 Å². The van der Waals surface area contributed by atoms with E-state index >= 15 is 0 Å². The summed E-state index contributed by atoms with van der Waals surface area (Å²) in [7, 11) is 1.54. The highest BCUT2D eigenvalue weighted by atomic mass is 35.5. The van der Waals surface area contributed by atoms with E-state index in [1.807, 2.05) is 43.3 Å². The van der Waals surface area contributed by atoms with E-state index in [1.54, 1.807) is 0 Å². The third kappa shape index (κ3) is 6.66. The molecule has 0 amide bonds. The van der Waals surface area contributed by atoms with Crippen LogP contribution in [0, 0.1) is 5.92 Å². The van der Waals surface area contributed by atoms with Crippen LogP contribution in [0.15, 0.2) is 36.4 Å². The Morgan fingerprint density at radius 1 is 0.933 bits per heavy atom. The average Bonchev–Trinajstić information content (AvgIpc) is 2.71. The molecule has 166 valence electrons. The van der Waals surface area contributed by atoms with Crippen LogP contribution in [-0.4, -0.2) is 44.0 Å². The second-order valence-corrected chi connectivity index (χ2v) is 9.03. The van der Waals surface area contributed by atoms with Crippen molar-refractivity contribution in [1.82, 2.24) is 0 Å². The molecule has 0 spiro atoms. The number of hydrogen-bond donors (Lipinski definition) is 1. The summed E-state index contributed by atoms with van der Waals surface area (Å²) in [5.74, 6) is 1.86. The molecule has 0 bridgehead atoms. The lowest BCUT2D eigenvalue weighted by Crippen LogP contribution is -2.22. The third-order valence-electron chi connectivity index (χ3n) is 4.87. The summed E-state index contributed by atoms with van der Waals surface area (Å²) in [4.78, 5) is 0. The van der Waals surface area contributed by atoms with Crippen LogP contribution >= 0.6 is 34.8 Å². The van der Waals surface area contributed by atoms with Crippen LogP contribution in [0.1, 0.15) is 31.9 Å². The number of aliphatic hydroxyl groups excluding tert-OH is 1. The molecule has 0 unspecified atom stereocenters. The van der Waals surface area contributed by atoms with Crippen LogP contribution in [0.4, 0.5) is 0 Å². The zero-order chi connectivity index (χ0) is 22.3. The normalized spacial score (nSPS) is 13.7. The first-order valence-corrected chi connectivity index (χ1v) is 11.1. The number of benzene rings is 2. The predicted molar refractivity (Wildman–Crippen MR) is 124 cm³/mol. The van der Waals surface area contributed by atoms with Crippen LogP contribution in [0.25, 0.3) is 0 Å². The molecule has 0 saturated carbocycles. The summed E-state index contributed by atoms with van der Waals surface area (Å²) in [5.41, 5.74) is 1.70. The molecule has 2 aromatic carbocycles. The average molecular weight is 476 g/mol. The summed E-state index contributed by atoms with van der Waals surface area (Å²) < 4.78 is 16.3. The Kier molecular flexibility index (Phi) is 9.58. The summed E-state index contributed by atoms with van der Waals surface area (Å²) in [6.07, 6.45) is -0.663. The molecule has 0 aliphatic heterocycles.